The van der Waals surface area contributed by atoms with Gasteiger partial charge in [-0.2, -0.15) is 0 Å². The van der Waals surface area contributed by atoms with Crippen LogP contribution in [0.1, 0.15) is 45.3 Å². The third-order valence-corrected chi connectivity index (χ3v) is 3.14. The smallest absolute Gasteiger partial charge is 0.0761 e. The second kappa shape index (κ2) is 6.87. The van der Waals surface area contributed by atoms with Gasteiger partial charge in [-0.15, -0.1) is 0 Å². The number of pyridine rings is 1. The van der Waals surface area contributed by atoms with Crippen LogP contribution in [0.3, 0.4) is 0 Å². The zero-order valence-electron chi connectivity index (χ0n) is 10.3. The first-order valence-corrected chi connectivity index (χ1v) is 6.42. The van der Waals surface area contributed by atoms with Crippen molar-refractivity contribution >= 4 is 11.6 Å². The molecule has 0 aliphatic carbocycles. The van der Waals surface area contributed by atoms with Crippen LogP contribution in [0, 0.1) is 5.92 Å². The predicted octanol–water partition coefficient (Wildman–Crippen LogP) is 3.82. The number of hydrogen-bond donors (Lipinski definition) is 1. The van der Waals surface area contributed by atoms with Gasteiger partial charge in [-0.3, -0.25) is 4.98 Å². The van der Waals surface area contributed by atoms with E-state index in [0.717, 1.165) is 17.3 Å². The first kappa shape index (κ1) is 13.5. The van der Waals surface area contributed by atoms with Gasteiger partial charge in [0.1, 0.15) is 0 Å². The molecule has 1 aromatic rings. The van der Waals surface area contributed by atoms with E-state index in [-0.39, 0.29) is 6.04 Å². The fourth-order valence-electron chi connectivity index (χ4n) is 2.04. The zero-order valence-corrected chi connectivity index (χ0v) is 11.1. The first-order valence-electron chi connectivity index (χ1n) is 6.04. The standard InChI is InChI=1S/C13H21ClN2/c1-4-7-10(3)12(15-5-2)13-11(14)8-6-9-16-13/h6,8-10,12,15H,4-5,7H2,1-3H3. The van der Waals surface area contributed by atoms with Gasteiger partial charge in [0.15, 0.2) is 0 Å². The first-order chi connectivity index (χ1) is 7.70. The third kappa shape index (κ3) is 3.46. The van der Waals surface area contributed by atoms with Gasteiger partial charge in [-0.25, -0.2) is 0 Å². The molecule has 0 aromatic carbocycles. The van der Waals surface area contributed by atoms with Crippen molar-refractivity contribution in [1.82, 2.24) is 10.3 Å². The molecule has 0 saturated heterocycles. The van der Waals surface area contributed by atoms with E-state index in [9.17, 15) is 0 Å². The summed E-state index contributed by atoms with van der Waals surface area (Å²) in [5.74, 6) is 0.553. The molecule has 0 fully saturated rings. The maximum Gasteiger partial charge on any atom is 0.0761 e. The molecule has 0 amide bonds. The number of halogens is 1. The van der Waals surface area contributed by atoms with Crippen LogP contribution in [0.25, 0.3) is 0 Å². The van der Waals surface area contributed by atoms with Gasteiger partial charge < -0.3 is 5.32 Å². The monoisotopic (exact) mass is 240 g/mol. The molecule has 3 heteroatoms. The summed E-state index contributed by atoms with van der Waals surface area (Å²) in [6.45, 7) is 7.51. The molecule has 2 atom stereocenters. The normalized spacial score (nSPS) is 14.8. The Morgan fingerprint density at radius 3 is 2.75 bits per heavy atom. The number of nitrogens with one attached hydrogen (secondary N) is 1. The minimum Gasteiger partial charge on any atom is -0.309 e. The van der Waals surface area contributed by atoms with Crippen molar-refractivity contribution in [2.75, 3.05) is 6.54 Å². The lowest BCUT2D eigenvalue weighted by Crippen LogP contribution is -2.27. The lowest BCUT2D eigenvalue weighted by Gasteiger charge is -2.24. The molecular weight excluding hydrogens is 220 g/mol. The molecule has 90 valence electrons. The van der Waals surface area contributed by atoms with Crippen molar-refractivity contribution in [3.05, 3.63) is 29.0 Å². The summed E-state index contributed by atoms with van der Waals surface area (Å²) in [4.78, 5) is 4.41. The van der Waals surface area contributed by atoms with Crippen molar-refractivity contribution in [3.63, 3.8) is 0 Å². The quantitative estimate of drug-likeness (QED) is 0.818. The molecule has 2 nitrogen and oxygen atoms in total. The Morgan fingerprint density at radius 1 is 1.44 bits per heavy atom. The molecule has 16 heavy (non-hydrogen) atoms. The van der Waals surface area contributed by atoms with Gasteiger partial charge in [0.2, 0.25) is 0 Å². The van der Waals surface area contributed by atoms with E-state index in [4.69, 9.17) is 11.6 Å². The van der Waals surface area contributed by atoms with Crippen molar-refractivity contribution in [2.24, 2.45) is 5.92 Å². The van der Waals surface area contributed by atoms with Gasteiger partial charge in [0.25, 0.3) is 0 Å². The molecule has 0 bridgehead atoms. The SMILES string of the molecule is CCCC(C)C(NCC)c1ncccc1Cl. The van der Waals surface area contributed by atoms with Gasteiger partial charge in [-0.1, -0.05) is 38.8 Å². The number of hydrogen-bond acceptors (Lipinski definition) is 2. The van der Waals surface area contributed by atoms with E-state index in [1.807, 2.05) is 18.3 Å². The van der Waals surface area contributed by atoms with Gasteiger partial charge in [-0.05, 0) is 31.0 Å². The summed E-state index contributed by atoms with van der Waals surface area (Å²) in [5.41, 5.74) is 0.979. The Balaban J connectivity index is 2.88. The Kier molecular flexibility index (Phi) is 5.78. The molecule has 2 unspecified atom stereocenters. The van der Waals surface area contributed by atoms with Gasteiger partial charge >= 0.3 is 0 Å². The van der Waals surface area contributed by atoms with E-state index in [2.05, 4.69) is 31.1 Å². The Morgan fingerprint density at radius 2 is 2.19 bits per heavy atom. The molecule has 0 aliphatic rings. The van der Waals surface area contributed by atoms with Crippen LogP contribution in [0.2, 0.25) is 5.02 Å². The van der Waals surface area contributed by atoms with Crippen LogP contribution >= 0.6 is 11.6 Å². The van der Waals surface area contributed by atoms with Gasteiger partial charge in [0, 0.05) is 6.20 Å². The highest BCUT2D eigenvalue weighted by atomic mass is 35.5. The zero-order chi connectivity index (χ0) is 12.0. The fourth-order valence-corrected chi connectivity index (χ4v) is 2.28. The highest BCUT2D eigenvalue weighted by molar-refractivity contribution is 6.31. The lowest BCUT2D eigenvalue weighted by atomic mass is 9.94. The minimum absolute atomic E-state index is 0.263. The van der Waals surface area contributed by atoms with Crippen molar-refractivity contribution in [2.45, 2.75) is 39.7 Å². The number of aromatic nitrogens is 1. The van der Waals surface area contributed by atoms with E-state index < -0.39 is 0 Å². The van der Waals surface area contributed by atoms with Crippen molar-refractivity contribution < 1.29 is 0 Å². The van der Waals surface area contributed by atoms with E-state index in [1.165, 1.54) is 12.8 Å². The molecule has 0 saturated carbocycles. The maximum absolute atomic E-state index is 6.20. The Hall–Kier alpha value is -0.600. The van der Waals surface area contributed by atoms with Crippen LogP contribution in [0.15, 0.2) is 18.3 Å². The predicted molar refractivity (Wildman–Crippen MR) is 69.7 cm³/mol. The number of nitrogens with zero attached hydrogens (tertiary/aromatic N) is 1. The number of rotatable bonds is 6. The largest absolute Gasteiger partial charge is 0.309 e. The van der Waals surface area contributed by atoms with Crippen LogP contribution in [-0.4, -0.2) is 11.5 Å². The van der Waals surface area contributed by atoms with Gasteiger partial charge in [0.05, 0.1) is 16.8 Å². The molecule has 1 N–H and O–H groups in total. The van der Waals surface area contributed by atoms with Crippen LogP contribution in [0.4, 0.5) is 0 Å². The lowest BCUT2D eigenvalue weighted by molar-refractivity contribution is 0.362. The highest BCUT2D eigenvalue weighted by Gasteiger charge is 2.20. The summed E-state index contributed by atoms with van der Waals surface area (Å²) in [6.07, 6.45) is 4.18. The second-order valence-corrected chi connectivity index (χ2v) is 4.58. The summed E-state index contributed by atoms with van der Waals surface area (Å²) in [7, 11) is 0. The van der Waals surface area contributed by atoms with Crippen LogP contribution < -0.4 is 5.32 Å². The highest BCUT2D eigenvalue weighted by Crippen LogP contribution is 2.28. The van der Waals surface area contributed by atoms with Crippen molar-refractivity contribution in [1.29, 1.82) is 0 Å². The van der Waals surface area contributed by atoms with E-state index in [1.54, 1.807) is 0 Å². The molecule has 0 aliphatic heterocycles. The van der Waals surface area contributed by atoms with E-state index >= 15 is 0 Å². The van der Waals surface area contributed by atoms with Crippen LogP contribution in [0.5, 0.6) is 0 Å². The summed E-state index contributed by atoms with van der Waals surface area (Å²) in [5, 5.41) is 4.24. The second-order valence-electron chi connectivity index (χ2n) is 4.17. The summed E-state index contributed by atoms with van der Waals surface area (Å²) in [6, 6.07) is 4.05. The molecule has 1 heterocycles. The maximum atomic E-state index is 6.20. The third-order valence-electron chi connectivity index (χ3n) is 2.82. The van der Waals surface area contributed by atoms with Crippen molar-refractivity contribution in [3.8, 4) is 0 Å². The van der Waals surface area contributed by atoms with E-state index in [0.29, 0.717) is 5.92 Å². The average molecular weight is 241 g/mol. The summed E-state index contributed by atoms with van der Waals surface area (Å²) >= 11 is 6.20. The Bertz CT molecular complexity index is 315. The average Bonchev–Trinajstić information content (AvgIpc) is 2.27. The molecule has 0 spiro atoms. The Labute approximate surface area is 103 Å². The topological polar surface area (TPSA) is 24.9 Å². The molecule has 1 aromatic heterocycles. The summed E-state index contributed by atoms with van der Waals surface area (Å²) < 4.78 is 0. The fraction of sp³-hybridized carbons (Fsp3) is 0.615. The minimum atomic E-state index is 0.263. The molecule has 0 radical (unpaired) electrons. The van der Waals surface area contributed by atoms with Crippen LogP contribution in [-0.2, 0) is 0 Å². The molecule has 1 rings (SSSR count). The molecular formula is C13H21ClN2.